The lowest BCUT2D eigenvalue weighted by Crippen LogP contribution is -2.50. The van der Waals surface area contributed by atoms with E-state index in [1.807, 2.05) is 29.2 Å². The Labute approximate surface area is 172 Å². The summed E-state index contributed by atoms with van der Waals surface area (Å²) in [5, 5.41) is 2.89. The summed E-state index contributed by atoms with van der Waals surface area (Å²) in [6.45, 7) is 2.13. The van der Waals surface area contributed by atoms with E-state index in [0.717, 1.165) is 31.2 Å². The standard InChI is InChI=1S/C23H29N3O3/c1-16(27)26(22-9-4-3-8-21(22)24)15-17-10-12-19(13-11-17)25-23(28)18-6-5-7-20(14-18)29-2/h5-7,10-14,21-22H,3-4,8-9,15,24H2,1-2H3,(H,25,28). The van der Waals surface area contributed by atoms with E-state index in [0.29, 0.717) is 23.5 Å². The summed E-state index contributed by atoms with van der Waals surface area (Å²) in [4.78, 5) is 26.5. The maximum Gasteiger partial charge on any atom is 0.255 e. The Balaban J connectivity index is 1.65. The van der Waals surface area contributed by atoms with Crippen molar-refractivity contribution in [2.24, 2.45) is 5.73 Å². The molecule has 0 radical (unpaired) electrons. The third-order valence-electron chi connectivity index (χ3n) is 5.48. The van der Waals surface area contributed by atoms with Gasteiger partial charge in [-0.15, -0.1) is 0 Å². The summed E-state index contributed by atoms with van der Waals surface area (Å²) in [6, 6.07) is 14.7. The lowest BCUT2D eigenvalue weighted by Gasteiger charge is -2.38. The summed E-state index contributed by atoms with van der Waals surface area (Å²) >= 11 is 0. The molecular formula is C23H29N3O3. The van der Waals surface area contributed by atoms with Crippen molar-refractivity contribution in [1.29, 1.82) is 0 Å². The van der Waals surface area contributed by atoms with Crippen molar-refractivity contribution in [2.75, 3.05) is 12.4 Å². The van der Waals surface area contributed by atoms with Crippen LogP contribution >= 0.6 is 0 Å². The number of ether oxygens (including phenoxy) is 1. The number of amides is 2. The minimum absolute atomic E-state index is 0.0362. The van der Waals surface area contributed by atoms with Crippen LogP contribution < -0.4 is 15.8 Å². The molecule has 0 saturated heterocycles. The van der Waals surface area contributed by atoms with E-state index in [1.165, 1.54) is 0 Å². The van der Waals surface area contributed by atoms with Gasteiger partial charge >= 0.3 is 0 Å². The molecular weight excluding hydrogens is 366 g/mol. The molecule has 1 aliphatic carbocycles. The quantitative estimate of drug-likeness (QED) is 0.783. The first-order valence-corrected chi connectivity index (χ1v) is 10.0. The van der Waals surface area contributed by atoms with E-state index in [4.69, 9.17) is 10.5 Å². The van der Waals surface area contributed by atoms with Crippen LogP contribution in [0.5, 0.6) is 5.75 Å². The second-order valence-corrected chi connectivity index (χ2v) is 7.55. The second-order valence-electron chi connectivity index (χ2n) is 7.55. The van der Waals surface area contributed by atoms with E-state index < -0.39 is 0 Å². The molecule has 0 spiro atoms. The van der Waals surface area contributed by atoms with Crippen LogP contribution in [0.1, 0.15) is 48.5 Å². The maximum absolute atomic E-state index is 12.4. The van der Waals surface area contributed by atoms with Crippen LogP contribution in [0.4, 0.5) is 5.69 Å². The number of nitrogens with two attached hydrogens (primary N) is 1. The van der Waals surface area contributed by atoms with Crippen molar-refractivity contribution in [3.05, 3.63) is 59.7 Å². The van der Waals surface area contributed by atoms with E-state index in [9.17, 15) is 9.59 Å². The fraction of sp³-hybridized carbons (Fsp3) is 0.391. The number of methoxy groups -OCH3 is 1. The third kappa shape index (κ3) is 5.35. The zero-order chi connectivity index (χ0) is 20.8. The van der Waals surface area contributed by atoms with Gasteiger partial charge in [0.05, 0.1) is 7.11 Å². The molecule has 1 aliphatic rings. The Morgan fingerprint density at radius 1 is 1.14 bits per heavy atom. The van der Waals surface area contributed by atoms with Gasteiger partial charge in [0.1, 0.15) is 5.75 Å². The molecule has 6 nitrogen and oxygen atoms in total. The predicted molar refractivity (Wildman–Crippen MR) is 114 cm³/mol. The number of rotatable bonds is 6. The molecule has 2 aromatic carbocycles. The smallest absolute Gasteiger partial charge is 0.255 e. The van der Waals surface area contributed by atoms with Gasteiger partial charge in [0, 0.05) is 36.8 Å². The van der Waals surface area contributed by atoms with E-state index in [2.05, 4.69) is 5.32 Å². The molecule has 2 atom stereocenters. The molecule has 2 amide bonds. The highest BCUT2D eigenvalue weighted by molar-refractivity contribution is 6.04. The lowest BCUT2D eigenvalue weighted by molar-refractivity contribution is -0.133. The molecule has 2 aromatic rings. The van der Waals surface area contributed by atoms with Crippen LogP contribution in [0, 0.1) is 0 Å². The molecule has 0 aromatic heterocycles. The van der Waals surface area contributed by atoms with Gasteiger partial charge in [-0.05, 0) is 48.7 Å². The van der Waals surface area contributed by atoms with Crippen LogP contribution in [-0.4, -0.2) is 35.9 Å². The van der Waals surface area contributed by atoms with Crippen molar-refractivity contribution >= 4 is 17.5 Å². The summed E-state index contributed by atoms with van der Waals surface area (Å²) in [5.41, 5.74) is 8.52. The van der Waals surface area contributed by atoms with Gasteiger partial charge in [-0.25, -0.2) is 0 Å². The zero-order valence-electron chi connectivity index (χ0n) is 17.1. The molecule has 6 heteroatoms. The van der Waals surface area contributed by atoms with Crippen LogP contribution in [-0.2, 0) is 11.3 Å². The Bertz CT molecular complexity index is 851. The van der Waals surface area contributed by atoms with Crippen molar-refractivity contribution in [3.63, 3.8) is 0 Å². The first kappa shape index (κ1) is 20.9. The maximum atomic E-state index is 12.4. The number of hydrogen-bond acceptors (Lipinski definition) is 4. The van der Waals surface area contributed by atoms with Crippen LogP contribution in [0.2, 0.25) is 0 Å². The fourth-order valence-corrected chi connectivity index (χ4v) is 3.85. The topological polar surface area (TPSA) is 84.7 Å². The number of anilines is 1. The van der Waals surface area contributed by atoms with Crippen LogP contribution in [0.15, 0.2) is 48.5 Å². The zero-order valence-corrected chi connectivity index (χ0v) is 17.1. The highest BCUT2D eigenvalue weighted by Crippen LogP contribution is 2.24. The van der Waals surface area contributed by atoms with Crippen LogP contribution in [0.25, 0.3) is 0 Å². The van der Waals surface area contributed by atoms with Crippen molar-refractivity contribution in [3.8, 4) is 5.75 Å². The Morgan fingerprint density at radius 2 is 1.86 bits per heavy atom. The van der Waals surface area contributed by atoms with Crippen LogP contribution in [0.3, 0.4) is 0 Å². The number of hydrogen-bond donors (Lipinski definition) is 2. The third-order valence-corrected chi connectivity index (χ3v) is 5.48. The average molecular weight is 396 g/mol. The lowest BCUT2D eigenvalue weighted by atomic mass is 9.89. The monoisotopic (exact) mass is 395 g/mol. The van der Waals surface area contributed by atoms with E-state index in [-0.39, 0.29) is 23.9 Å². The van der Waals surface area contributed by atoms with Gasteiger partial charge in [0.15, 0.2) is 0 Å². The largest absolute Gasteiger partial charge is 0.497 e. The van der Waals surface area contributed by atoms with Gasteiger partial charge in [0.25, 0.3) is 5.91 Å². The summed E-state index contributed by atoms with van der Waals surface area (Å²) in [6.07, 6.45) is 4.15. The summed E-state index contributed by atoms with van der Waals surface area (Å²) in [5.74, 6) is 0.483. The number of nitrogens with one attached hydrogen (secondary N) is 1. The van der Waals surface area contributed by atoms with Gasteiger partial charge in [-0.1, -0.05) is 31.0 Å². The minimum Gasteiger partial charge on any atom is -0.497 e. The first-order chi connectivity index (χ1) is 14.0. The number of carbonyl (C=O) groups excluding carboxylic acids is 2. The molecule has 3 N–H and O–H groups in total. The SMILES string of the molecule is COc1cccc(C(=O)Nc2ccc(CN(C(C)=O)C3CCCCC3N)cc2)c1. The highest BCUT2D eigenvalue weighted by Gasteiger charge is 2.29. The Morgan fingerprint density at radius 3 is 2.52 bits per heavy atom. The van der Waals surface area contributed by atoms with Gasteiger partial charge in [-0.2, -0.15) is 0 Å². The summed E-state index contributed by atoms with van der Waals surface area (Å²) < 4.78 is 5.16. The van der Waals surface area contributed by atoms with Gasteiger partial charge in [-0.3, -0.25) is 9.59 Å². The summed E-state index contributed by atoms with van der Waals surface area (Å²) in [7, 11) is 1.57. The molecule has 0 heterocycles. The molecule has 0 aliphatic heterocycles. The molecule has 154 valence electrons. The van der Waals surface area contributed by atoms with E-state index in [1.54, 1.807) is 38.3 Å². The minimum atomic E-state index is -0.199. The number of benzene rings is 2. The fourth-order valence-electron chi connectivity index (χ4n) is 3.85. The Kier molecular flexibility index (Phi) is 6.88. The normalized spacial score (nSPS) is 18.7. The van der Waals surface area contributed by atoms with Crippen molar-refractivity contribution in [2.45, 2.75) is 51.2 Å². The first-order valence-electron chi connectivity index (χ1n) is 10.0. The molecule has 3 rings (SSSR count). The van der Waals surface area contributed by atoms with E-state index >= 15 is 0 Å². The highest BCUT2D eigenvalue weighted by atomic mass is 16.5. The predicted octanol–water partition coefficient (Wildman–Crippen LogP) is 3.57. The number of carbonyl (C=O) groups is 2. The van der Waals surface area contributed by atoms with Gasteiger partial charge < -0.3 is 20.7 Å². The second kappa shape index (κ2) is 9.56. The average Bonchev–Trinajstić information content (AvgIpc) is 2.73. The van der Waals surface area contributed by atoms with Crippen molar-refractivity contribution < 1.29 is 14.3 Å². The Hall–Kier alpha value is -2.86. The van der Waals surface area contributed by atoms with Gasteiger partial charge in [0.2, 0.25) is 5.91 Å². The molecule has 1 fully saturated rings. The molecule has 1 saturated carbocycles. The molecule has 0 bridgehead atoms. The molecule has 29 heavy (non-hydrogen) atoms. The van der Waals surface area contributed by atoms with Crippen molar-refractivity contribution in [1.82, 2.24) is 4.90 Å². The number of nitrogens with zero attached hydrogens (tertiary/aromatic N) is 1. The molecule has 2 unspecified atom stereocenters.